The summed E-state index contributed by atoms with van der Waals surface area (Å²) >= 11 is 0. The van der Waals surface area contributed by atoms with Crippen molar-refractivity contribution in [2.75, 3.05) is 6.54 Å². The van der Waals surface area contributed by atoms with Crippen LogP contribution in [0.15, 0.2) is 0 Å². The summed E-state index contributed by atoms with van der Waals surface area (Å²) in [6.45, 7) is 3.87. The van der Waals surface area contributed by atoms with Gasteiger partial charge in [-0.3, -0.25) is 0 Å². The van der Waals surface area contributed by atoms with Gasteiger partial charge in [-0.05, 0) is 13.5 Å². The minimum atomic E-state index is -2.24. The third-order valence-electron chi connectivity index (χ3n) is 0.904. The Bertz CT molecular complexity index is 56.4. The summed E-state index contributed by atoms with van der Waals surface area (Å²) in [6.07, 6.45) is -2.24. The van der Waals surface area contributed by atoms with Crippen LogP contribution in [0.5, 0.6) is 0 Å². The Morgan fingerprint density at radius 2 is 2.00 bits per heavy atom. The van der Waals surface area contributed by atoms with E-state index in [-0.39, 0.29) is 0 Å². The van der Waals surface area contributed by atoms with E-state index in [0.717, 1.165) is 0 Å². The summed E-state index contributed by atoms with van der Waals surface area (Å²) in [6, 6.07) is -0.667. The van der Waals surface area contributed by atoms with Gasteiger partial charge in [0.25, 0.3) is 6.43 Å². The van der Waals surface area contributed by atoms with Crippen molar-refractivity contribution in [1.82, 2.24) is 5.32 Å². The van der Waals surface area contributed by atoms with Gasteiger partial charge in [-0.25, -0.2) is 8.78 Å². The van der Waals surface area contributed by atoms with Crippen LogP contribution in [0, 0.1) is 0 Å². The average molecular weight is 123 g/mol. The maximum absolute atomic E-state index is 11.6. The summed E-state index contributed by atoms with van der Waals surface area (Å²) in [7, 11) is 0. The van der Waals surface area contributed by atoms with E-state index < -0.39 is 12.5 Å². The van der Waals surface area contributed by atoms with E-state index in [1.807, 2.05) is 0 Å². The lowest BCUT2D eigenvalue weighted by Gasteiger charge is -2.08. The highest BCUT2D eigenvalue weighted by Crippen LogP contribution is 1.97. The van der Waals surface area contributed by atoms with E-state index >= 15 is 0 Å². The fraction of sp³-hybridized carbons (Fsp3) is 1.00. The molecule has 0 aromatic carbocycles. The van der Waals surface area contributed by atoms with Gasteiger partial charge in [-0.1, -0.05) is 6.92 Å². The molecule has 1 nitrogen and oxygen atoms in total. The highest BCUT2D eigenvalue weighted by molar-refractivity contribution is 4.59. The first kappa shape index (κ1) is 7.82. The zero-order valence-electron chi connectivity index (χ0n) is 5.12. The number of rotatable bonds is 3. The van der Waals surface area contributed by atoms with Gasteiger partial charge < -0.3 is 5.32 Å². The molecule has 8 heavy (non-hydrogen) atoms. The Kier molecular flexibility index (Phi) is 3.69. The molecule has 0 rings (SSSR count). The zero-order valence-corrected chi connectivity index (χ0v) is 5.12. The second kappa shape index (κ2) is 3.78. The lowest BCUT2D eigenvalue weighted by atomic mass is 10.3. The van der Waals surface area contributed by atoms with Crippen LogP contribution in [-0.2, 0) is 0 Å². The standard InChI is InChI=1S/C5H11F2N/c1-3-8-4(2)5(6)7/h4-5,8H,3H2,1-2H3/t4-/m0/s1. The van der Waals surface area contributed by atoms with Crippen LogP contribution < -0.4 is 5.32 Å². The molecule has 0 radical (unpaired) electrons. The van der Waals surface area contributed by atoms with E-state index in [9.17, 15) is 8.78 Å². The molecule has 0 amide bonds. The number of halogens is 2. The minimum absolute atomic E-state index is 0.603. The molecule has 0 saturated heterocycles. The van der Waals surface area contributed by atoms with E-state index in [4.69, 9.17) is 0 Å². The highest BCUT2D eigenvalue weighted by Gasteiger charge is 2.11. The molecule has 3 heteroatoms. The lowest BCUT2D eigenvalue weighted by Crippen LogP contribution is -2.32. The third kappa shape index (κ3) is 2.91. The average Bonchev–Trinajstić information content (AvgIpc) is 1.67. The molecular formula is C5H11F2N. The van der Waals surface area contributed by atoms with Crippen LogP contribution >= 0.6 is 0 Å². The van der Waals surface area contributed by atoms with Crippen molar-refractivity contribution in [3.8, 4) is 0 Å². The maximum Gasteiger partial charge on any atom is 0.253 e. The lowest BCUT2D eigenvalue weighted by molar-refractivity contribution is 0.107. The fourth-order valence-electron chi connectivity index (χ4n) is 0.411. The van der Waals surface area contributed by atoms with Crippen molar-refractivity contribution in [2.24, 2.45) is 0 Å². The first-order valence-corrected chi connectivity index (χ1v) is 2.70. The zero-order chi connectivity index (χ0) is 6.57. The number of nitrogens with one attached hydrogen (secondary N) is 1. The normalized spacial score (nSPS) is 14.6. The molecule has 0 bridgehead atoms. The Hall–Kier alpha value is -0.180. The topological polar surface area (TPSA) is 12.0 Å². The molecule has 0 aliphatic heterocycles. The van der Waals surface area contributed by atoms with Gasteiger partial charge in [0.05, 0.1) is 6.04 Å². The minimum Gasteiger partial charge on any atom is -0.309 e. The summed E-state index contributed by atoms with van der Waals surface area (Å²) < 4.78 is 23.1. The van der Waals surface area contributed by atoms with Crippen molar-refractivity contribution in [1.29, 1.82) is 0 Å². The monoisotopic (exact) mass is 123 g/mol. The number of hydrogen-bond donors (Lipinski definition) is 1. The van der Waals surface area contributed by atoms with Crippen molar-refractivity contribution in [3.05, 3.63) is 0 Å². The van der Waals surface area contributed by atoms with E-state index in [1.165, 1.54) is 6.92 Å². The Morgan fingerprint density at radius 1 is 1.50 bits per heavy atom. The van der Waals surface area contributed by atoms with E-state index in [1.54, 1.807) is 6.92 Å². The molecule has 0 saturated carbocycles. The largest absolute Gasteiger partial charge is 0.309 e. The Labute approximate surface area is 48.1 Å². The quantitative estimate of drug-likeness (QED) is 0.595. The molecule has 0 aliphatic rings. The molecule has 50 valence electrons. The predicted octanol–water partition coefficient (Wildman–Crippen LogP) is 1.25. The van der Waals surface area contributed by atoms with Crippen LogP contribution in [-0.4, -0.2) is 19.0 Å². The van der Waals surface area contributed by atoms with Gasteiger partial charge in [0.15, 0.2) is 0 Å². The molecule has 0 unspecified atom stereocenters. The maximum atomic E-state index is 11.6. The predicted molar refractivity (Wildman–Crippen MR) is 29.1 cm³/mol. The smallest absolute Gasteiger partial charge is 0.253 e. The molecule has 0 fully saturated rings. The molecule has 1 N–H and O–H groups in total. The first-order valence-electron chi connectivity index (χ1n) is 2.70. The van der Waals surface area contributed by atoms with Gasteiger partial charge in [0, 0.05) is 0 Å². The molecule has 1 atom stereocenters. The molecule has 0 aromatic heterocycles. The first-order chi connectivity index (χ1) is 3.68. The van der Waals surface area contributed by atoms with Gasteiger partial charge in [0.1, 0.15) is 0 Å². The number of alkyl halides is 2. The van der Waals surface area contributed by atoms with Crippen LogP contribution in [0.25, 0.3) is 0 Å². The van der Waals surface area contributed by atoms with Gasteiger partial charge in [-0.2, -0.15) is 0 Å². The van der Waals surface area contributed by atoms with Gasteiger partial charge in [-0.15, -0.1) is 0 Å². The third-order valence-corrected chi connectivity index (χ3v) is 0.904. The van der Waals surface area contributed by atoms with Crippen molar-refractivity contribution >= 4 is 0 Å². The fourth-order valence-corrected chi connectivity index (χ4v) is 0.411. The van der Waals surface area contributed by atoms with Gasteiger partial charge in [0.2, 0.25) is 0 Å². The van der Waals surface area contributed by atoms with Gasteiger partial charge >= 0.3 is 0 Å². The highest BCUT2D eigenvalue weighted by atomic mass is 19.3. The molecule has 0 aromatic rings. The molecule has 0 aliphatic carbocycles. The number of hydrogen-bond acceptors (Lipinski definition) is 1. The van der Waals surface area contributed by atoms with Crippen LogP contribution in [0.2, 0.25) is 0 Å². The van der Waals surface area contributed by atoms with Crippen LogP contribution in [0.4, 0.5) is 8.78 Å². The van der Waals surface area contributed by atoms with Crippen molar-refractivity contribution in [3.63, 3.8) is 0 Å². The van der Waals surface area contributed by atoms with Crippen molar-refractivity contribution in [2.45, 2.75) is 26.3 Å². The summed E-state index contributed by atoms with van der Waals surface area (Å²) in [4.78, 5) is 0. The summed E-state index contributed by atoms with van der Waals surface area (Å²) in [5, 5.41) is 2.59. The Balaban J connectivity index is 3.17. The Morgan fingerprint density at radius 3 is 2.12 bits per heavy atom. The summed E-state index contributed by atoms with van der Waals surface area (Å²) in [5.41, 5.74) is 0. The second-order valence-corrected chi connectivity index (χ2v) is 1.68. The van der Waals surface area contributed by atoms with E-state index in [2.05, 4.69) is 5.32 Å². The SMILES string of the molecule is CCN[C@@H](C)C(F)F. The second-order valence-electron chi connectivity index (χ2n) is 1.68. The van der Waals surface area contributed by atoms with Crippen LogP contribution in [0.3, 0.4) is 0 Å². The summed E-state index contributed by atoms with van der Waals surface area (Å²) in [5.74, 6) is 0. The van der Waals surface area contributed by atoms with Crippen molar-refractivity contribution < 1.29 is 8.78 Å². The molecular weight excluding hydrogens is 112 g/mol. The van der Waals surface area contributed by atoms with E-state index in [0.29, 0.717) is 6.54 Å². The van der Waals surface area contributed by atoms with Crippen LogP contribution in [0.1, 0.15) is 13.8 Å². The molecule has 0 spiro atoms. The molecule has 0 heterocycles.